The number of hydrogen-bond donors (Lipinski definition) is 1. The first-order valence-corrected chi connectivity index (χ1v) is 5.57. The zero-order valence-electron chi connectivity index (χ0n) is 6.83. The summed E-state index contributed by atoms with van der Waals surface area (Å²) in [6, 6.07) is 0.900. The second kappa shape index (κ2) is 3.33. The van der Waals surface area contributed by atoms with Gasteiger partial charge >= 0.3 is 0 Å². The average molecular weight is 172 g/mol. The molecule has 0 bridgehead atoms. The number of rotatable bonds is 2. The third-order valence-corrected chi connectivity index (χ3v) is 4.03. The van der Waals surface area contributed by atoms with E-state index < -0.39 is 0 Å². The third-order valence-electron chi connectivity index (χ3n) is 2.79. The van der Waals surface area contributed by atoms with Gasteiger partial charge in [0.1, 0.15) is 0 Å². The van der Waals surface area contributed by atoms with E-state index >= 15 is 0 Å². The van der Waals surface area contributed by atoms with Gasteiger partial charge in [-0.05, 0) is 25.4 Å². The summed E-state index contributed by atoms with van der Waals surface area (Å²) >= 11 is 2.07. The van der Waals surface area contributed by atoms with Crippen LogP contribution in [0.5, 0.6) is 0 Å². The monoisotopic (exact) mass is 172 g/mol. The van der Waals surface area contributed by atoms with Crippen LogP contribution in [-0.2, 0) is 0 Å². The minimum Gasteiger partial charge on any atom is -0.330 e. The SMILES string of the molecule is NCC1CCN(C2CSC2)C1. The second-order valence-corrected chi connectivity index (χ2v) is 4.65. The van der Waals surface area contributed by atoms with Crippen molar-refractivity contribution in [1.82, 2.24) is 4.90 Å². The highest BCUT2D eigenvalue weighted by atomic mass is 32.2. The molecule has 0 radical (unpaired) electrons. The molecule has 2 rings (SSSR count). The molecule has 11 heavy (non-hydrogen) atoms. The molecule has 1 atom stereocenters. The highest BCUT2D eigenvalue weighted by Crippen LogP contribution is 2.27. The van der Waals surface area contributed by atoms with E-state index in [1.165, 1.54) is 31.0 Å². The van der Waals surface area contributed by atoms with Crippen LogP contribution in [0.25, 0.3) is 0 Å². The van der Waals surface area contributed by atoms with Gasteiger partial charge in [0.05, 0.1) is 0 Å². The Morgan fingerprint density at radius 2 is 2.27 bits per heavy atom. The molecule has 1 unspecified atom stereocenters. The molecule has 0 aliphatic carbocycles. The van der Waals surface area contributed by atoms with Crippen molar-refractivity contribution in [2.75, 3.05) is 31.1 Å². The summed E-state index contributed by atoms with van der Waals surface area (Å²) in [4.78, 5) is 2.62. The lowest BCUT2D eigenvalue weighted by molar-refractivity contribution is 0.264. The van der Waals surface area contributed by atoms with Crippen LogP contribution in [0.3, 0.4) is 0 Å². The molecular weight excluding hydrogens is 156 g/mol. The van der Waals surface area contributed by atoms with Gasteiger partial charge in [-0.2, -0.15) is 11.8 Å². The predicted molar refractivity (Wildman–Crippen MR) is 49.8 cm³/mol. The minimum atomic E-state index is 0.792. The topological polar surface area (TPSA) is 29.3 Å². The maximum absolute atomic E-state index is 5.62. The minimum absolute atomic E-state index is 0.792. The van der Waals surface area contributed by atoms with Crippen molar-refractivity contribution in [2.45, 2.75) is 12.5 Å². The maximum Gasteiger partial charge on any atom is 0.0277 e. The molecule has 2 nitrogen and oxygen atoms in total. The zero-order chi connectivity index (χ0) is 7.68. The van der Waals surface area contributed by atoms with E-state index in [2.05, 4.69) is 16.7 Å². The number of hydrogen-bond acceptors (Lipinski definition) is 3. The van der Waals surface area contributed by atoms with Gasteiger partial charge in [0.2, 0.25) is 0 Å². The summed E-state index contributed by atoms with van der Waals surface area (Å²) in [6.45, 7) is 3.45. The van der Waals surface area contributed by atoms with Crippen molar-refractivity contribution in [3.63, 3.8) is 0 Å². The first kappa shape index (κ1) is 7.90. The van der Waals surface area contributed by atoms with Crippen molar-refractivity contribution >= 4 is 11.8 Å². The molecule has 0 spiro atoms. The summed E-state index contributed by atoms with van der Waals surface area (Å²) in [7, 11) is 0. The number of thioether (sulfide) groups is 1. The van der Waals surface area contributed by atoms with E-state index in [0.29, 0.717) is 0 Å². The van der Waals surface area contributed by atoms with E-state index in [1.807, 2.05) is 0 Å². The molecule has 3 heteroatoms. The fourth-order valence-corrected chi connectivity index (χ4v) is 2.69. The second-order valence-electron chi connectivity index (χ2n) is 3.58. The van der Waals surface area contributed by atoms with Crippen LogP contribution in [0.15, 0.2) is 0 Å². The normalized spacial score (nSPS) is 34.1. The van der Waals surface area contributed by atoms with Crippen LogP contribution >= 0.6 is 11.8 Å². The molecule has 2 heterocycles. The molecule has 2 aliphatic rings. The highest BCUT2D eigenvalue weighted by Gasteiger charge is 2.30. The van der Waals surface area contributed by atoms with Crippen molar-refractivity contribution in [1.29, 1.82) is 0 Å². The molecule has 2 saturated heterocycles. The Morgan fingerprint density at radius 1 is 1.45 bits per heavy atom. The standard InChI is InChI=1S/C8H16N2S/c9-3-7-1-2-10(4-7)8-5-11-6-8/h7-8H,1-6,9H2. The van der Waals surface area contributed by atoms with Gasteiger partial charge in [0.25, 0.3) is 0 Å². The summed E-state index contributed by atoms with van der Waals surface area (Å²) in [5, 5.41) is 0. The molecule has 0 aromatic carbocycles. The molecule has 0 aromatic rings. The first-order valence-electron chi connectivity index (χ1n) is 4.42. The first-order chi connectivity index (χ1) is 5.40. The van der Waals surface area contributed by atoms with E-state index in [-0.39, 0.29) is 0 Å². The quantitative estimate of drug-likeness (QED) is 0.653. The lowest BCUT2D eigenvalue weighted by Crippen LogP contribution is -2.43. The number of likely N-dealkylation sites (tertiary alicyclic amines) is 1. The summed E-state index contributed by atoms with van der Waals surface area (Å²) in [5.41, 5.74) is 5.62. The molecule has 64 valence electrons. The molecule has 2 fully saturated rings. The summed E-state index contributed by atoms with van der Waals surface area (Å²) in [6.07, 6.45) is 1.33. The molecule has 0 aromatic heterocycles. The van der Waals surface area contributed by atoms with E-state index in [4.69, 9.17) is 5.73 Å². The van der Waals surface area contributed by atoms with Gasteiger partial charge < -0.3 is 5.73 Å². The van der Waals surface area contributed by atoms with Gasteiger partial charge in [-0.25, -0.2) is 0 Å². The lowest BCUT2D eigenvalue weighted by atomic mass is 10.1. The van der Waals surface area contributed by atoms with Crippen LogP contribution < -0.4 is 5.73 Å². The van der Waals surface area contributed by atoms with Gasteiger partial charge in [-0.1, -0.05) is 0 Å². The number of nitrogens with zero attached hydrogens (tertiary/aromatic N) is 1. The van der Waals surface area contributed by atoms with Crippen molar-refractivity contribution in [3.05, 3.63) is 0 Å². The number of nitrogens with two attached hydrogens (primary N) is 1. The fraction of sp³-hybridized carbons (Fsp3) is 1.00. The van der Waals surface area contributed by atoms with Gasteiger partial charge in [-0.15, -0.1) is 0 Å². The smallest absolute Gasteiger partial charge is 0.0277 e. The van der Waals surface area contributed by atoms with E-state index in [9.17, 15) is 0 Å². The zero-order valence-corrected chi connectivity index (χ0v) is 7.65. The van der Waals surface area contributed by atoms with Crippen molar-refractivity contribution in [3.8, 4) is 0 Å². The lowest BCUT2D eigenvalue weighted by Gasteiger charge is -2.34. The maximum atomic E-state index is 5.62. The van der Waals surface area contributed by atoms with Crippen molar-refractivity contribution in [2.24, 2.45) is 11.7 Å². The van der Waals surface area contributed by atoms with E-state index in [1.54, 1.807) is 0 Å². The van der Waals surface area contributed by atoms with Crippen molar-refractivity contribution < 1.29 is 0 Å². The Balaban J connectivity index is 1.79. The highest BCUT2D eigenvalue weighted by molar-refractivity contribution is 8.00. The van der Waals surface area contributed by atoms with Gasteiger partial charge in [0, 0.05) is 24.1 Å². The largest absolute Gasteiger partial charge is 0.330 e. The Morgan fingerprint density at radius 3 is 2.73 bits per heavy atom. The fourth-order valence-electron chi connectivity index (χ4n) is 1.82. The van der Waals surface area contributed by atoms with Crippen LogP contribution in [0.4, 0.5) is 0 Å². The third kappa shape index (κ3) is 1.55. The van der Waals surface area contributed by atoms with E-state index in [0.717, 1.165) is 18.5 Å². The van der Waals surface area contributed by atoms with Gasteiger partial charge in [-0.3, -0.25) is 4.90 Å². The molecule has 2 aliphatic heterocycles. The Bertz CT molecular complexity index is 136. The van der Waals surface area contributed by atoms with Crippen LogP contribution in [0.1, 0.15) is 6.42 Å². The molecule has 0 amide bonds. The van der Waals surface area contributed by atoms with Crippen LogP contribution in [0, 0.1) is 5.92 Å². The predicted octanol–water partition coefficient (Wildman–Crippen LogP) is 0.382. The molecular formula is C8H16N2S. The van der Waals surface area contributed by atoms with Gasteiger partial charge in [0.15, 0.2) is 0 Å². The molecule has 0 saturated carbocycles. The summed E-state index contributed by atoms with van der Waals surface area (Å²) in [5.74, 6) is 3.51. The van der Waals surface area contributed by atoms with Crippen LogP contribution in [-0.4, -0.2) is 42.1 Å². The molecule has 2 N–H and O–H groups in total. The summed E-state index contributed by atoms with van der Waals surface area (Å²) < 4.78 is 0. The Kier molecular flexibility index (Phi) is 2.39. The Labute approximate surface area is 72.5 Å². The Hall–Kier alpha value is 0.270. The average Bonchev–Trinajstić information content (AvgIpc) is 2.32. The van der Waals surface area contributed by atoms with Crippen LogP contribution in [0.2, 0.25) is 0 Å².